The molecule has 0 spiro atoms. The number of rotatable bonds is 7. The van der Waals surface area contributed by atoms with Crippen LogP contribution >= 0.6 is 0 Å². The van der Waals surface area contributed by atoms with E-state index in [9.17, 15) is 10.2 Å². The van der Waals surface area contributed by atoms with E-state index in [1.807, 2.05) is 43.3 Å². The molecule has 0 heterocycles. The molecule has 2 aromatic carbocycles. The van der Waals surface area contributed by atoms with E-state index >= 15 is 0 Å². The van der Waals surface area contributed by atoms with Crippen LogP contribution in [0.5, 0.6) is 0 Å². The molecule has 0 bridgehead atoms. The van der Waals surface area contributed by atoms with Crippen LogP contribution in [0, 0.1) is 11.3 Å². The van der Waals surface area contributed by atoms with Gasteiger partial charge in [0.25, 0.3) is 0 Å². The molecule has 0 fully saturated rings. The van der Waals surface area contributed by atoms with Gasteiger partial charge >= 0.3 is 0 Å². The lowest BCUT2D eigenvalue weighted by Gasteiger charge is -2.35. The van der Waals surface area contributed by atoms with Crippen LogP contribution in [0.15, 0.2) is 60.7 Å². The average molecular weight is 284 g/mol. The van der Waals surface area contributed by atoms with Crippen molar-refractivity contribution < 1.29 is 10.2 Å². The summed E-state index contributed by atoms with van der Waals surface area (Å²) in [6.07, 6.45) is 1.71. The highest BCUT2D eigenvalue weighted by molar-refractivity contribution is 5.19. The molecule has 112 valence electrons. The van der Waals surface area contributed by atoms with Crippen LogP contribution in [0.3, 0.4) is 0 Å². The van der Waals surface area contributed by atoms with Crippen molar-refractivity contribution in [2.75, 3.05) is 13.2 Å². The van der Waals surface area contributed by atoms with E-state index in [4.69, 9.17) is 0 Å². The topological polar surface area (TPSA) is 40.5 Å². The maximum atomic E-state index is 9.75. The molecule has 0 radical (unpaired) electrons. The average Bonchev–Trinajstić information content (AvgIpc) is 2.55. The maximum absolute atomic E-state index is 9.75. The summed E-state index contributed by atoms with van der Waals surface area (Å²) in [4.78, 5) is 0. The van der Waals surface area contributed by atoms with Crippen molar-refractivity contribution in [3.8, 4) is 0 Å². The number of aliphatic hydroxyl groups is 2. The van der Waals surface area contributed by atoms with Gasteiger partial charge in [-0.3, -0.25) is 0 Å². The van der Waals surface area contributed by atoms with Gasteiger partial charge in [0.05, 0.1) is 13.2 Å². The molecule has 0 aromatic heterocycles. The fraction of sp³-hybridized carbons (Fsp3) is 0.368. The lowest BCUT2D eigenvalue weighted by atomic mass is 9.72. The van der Waals surface area contributed by atoms with E-state index in [2.05, 4.69) is 24.3 Å². The number of hydrogen-bond donors (Lipinski definition) is 2. The van der Waals surface area contributed by atoms with Gasteiger partial charge in [0.2, 0.25) is 0 Å². The summed E-state index contributed by atoms with van der Waals surface area (Å²) in [5, 5.41) is 19.5. The first kappa shape index (κ1) is 15.7. The summed E-state index contributed by atoms with van der Waals surface area (Å²) in [5.74, 6) is 0.192. The molecular weight excluding hydrogens is 260 g/mol. The molecule has 0 aliphatic carbocycles. The summed E-state index contributed by atoms with van der Waals surface area (Å²) in [6.45, 7) is 1.95. The van der Waals surface area contributed by atoms with Gasteiger partial charge < -0.3 is 10.2 Å². The second-order valence-corrected chi connectivity index (χ2v) is 6.05. The predicted octanol–water partition coefficient (Wildman–Crippen LogP) is 3.08. The number of benzene rings is 2. The minimum Gasteiger partial charge on any atom is -0.396 e. The Kier molecular flexibility index (Phi) is 5.54. The van der Waals surface area contributed by atoms with Crippen LogP contribution in [0.2, 0.25) is 0 Å². The SMILES string of the molecule is CC(CO)(CO)C(Cc1ccccc1)Cc1ccccc1. The first-order valence-corrected chi connectivity index (χ1v) is 7.47. The van der Waals surface area contributed by atoms with Crippen LogP contribution in [0.25, 0.3) is 0 Å². The van der Waals surface area contributed by atoms with Gasteiger partial charge in [-0.25, -0.2) is 0 Å². The van der Waals surface area contributed by atoms with Crippen molar-refractivity contribution in [2.24, 2.45) is 11.3 Å². The molecule has 0 aliphatic heterocycles. The molecule has 2 heteroatoms. The molecule has 0 unspecified atom stereocenters. The molecule has 2 rings (SSSR count). The molecule has 0 aliphatic rings. The summed E-state index contributed by atoms with van der Waals surface area (Å²) in [6, 6.07) is 20.6. The Morgan fingerprint density at radius 3 is 1.48 bits per heavy atom. The fourth-order valence-electron chi connectivity index (χ4n) is 2.67. The van der Waals surface area contributed by atoms with E-state index in [0.29, 0.717) is 0 Å². The predicted molar refractivity (Wildman–Crippen MR) is 86.1 cm³/mol. The van der Waals surface area contributed by atoms with Crippen LogP contribution in [-0.4, -0.2) is 23.4 Å². The third-order valence-electron chi connectivity index (χ3n) is 4.36. The largest absolute Gasteiger partial charge is 0.396 e. The monoisotopic (exact) mass is 284 g/mol. The minimum atomic E-state index is -0.480. The number of hydrogen-bond acceptors (Lipinski definition) is 2. The molecular formula is C19H24O2. The lowest BCUT2D eigenvalue weighted by Crippen LogP contribution is -2.37. The zero-order valence-electron chi connectivity index (χ0n) is 12.6. The molecule has 0 saturated heterocycles. The van der Waals surface area contributed by atoms with Gasteiger partial charge in [0.15, 0.2) is 0 Å². The highest BCUT2D eigenvalue weighted by Gasteiger charge is 2.33. The molecule has 21 heavy (non-hydrogen) atoms. The van der Waals surface area contributed by atoms with Crippen molar-refractivity contribution in [1.82, 2.24) is 0 Å². The van der Waals surface area contributed by atoms with Gasteiger partial charge in [0.1, 0.15) is 0 Å². The van der Waals surface area contributed by atoms with Crippen molar-refractivity contribution in [1.29, 1.82) is 0 Å². The highest BCUT2D eigenvalue weighted by Crippen LogP contribution is 2.32. The van der Waals surface area contributed by atoms with Gasteiger partial charge in [-0.05, 0) is 29.9 Å². The Morgan fingerprint density at radius 1 is 0.762 bits per heavy atom. The Bertz CT molecular complexity index is 476. The van der Waals surface area contributed by atoms with Crippen LogP contribution in [0.4, 0.5) is 0 Å². The molecule has 2 nitrogen and oxygen atoms in total. The summed E-state index contributed by atoms with van der Waals surface area (Å²) in [5.41, 5.74) is 2.00. The van der Waals surface area contributed by atoms with E-state index in [0.717, 1.165) is 12.8 Å². The van der Waals surface area contributed by atoms with Crippen LogP contribution in [0.1, 0.15) is 18.1 Å². The second-order valence-electron chi connectivity index (χ2n) is 6.05. The standard InChI is InChI=1S/C19H24O2/c1-19(14-20,15-21)18(12-16-8-4-2-5-9-16)13-17-10-6-3-7-11-17/h2-11,18,20-21H,12-15H2,1H3. The minimum absolute atomic E-state index is 0.00612. The Morgan fingerprint density at radius 2 is 1.14 bits per heavy atom. The van der Waals surface area contributed by atoms with Crippen LogP contribution < -0.4 is 0 Å². The number of aliphatic hydroxyl groups excluding tert-OH is 2. The van der Waals surface area contributed by atoms with Gasteiger partial charge in [-0.2, -0.15) is 0 Å². The third kappa shape index (κ3) is 4.16. The Labute approximate surface area is 127 Å². The molecule has 0 saturated carbocycles. The smallest absolute Gasteiger partial charge is 0.0509 e. The molecule has 0 atom stereocenters. The zero-order chi connectivity index (χ0) is 15.1. The normalized spacial score (nSPS) is 11.8. The fourth-order valence-corrected chi connectivity index (χ4v) is 2.67. The first-order chi connectivity index (χ1) is 10.2. The third-order valence-corrected chi connectivity index (χ3v) is 4.36. The van der Waals surface area contributed by atoms with Crippen molar-refractivity contribution in [3.63, 3.8) is 0 Å². The quantitative estimate of drug-likeness (QED) is 0.820. The summed E-state index contributed by atoms with van der Waals surface area (Å²) in [7, 11) is 0. The van der Waals surface area contributed by atoms with E-state index < -0.39 is 5.41 Å². The Hall–Kier alpha value is -1.64. The summed E-state index contributed by atoms with van der Waals surface area (Å²) >= 11 is 0. The van der Waals surface area contributed by atoms with Gasteiger partial charge in [0, 0.05) is 5.41 Å². The van der Waals surface area contributed by atoms with Gasteiger partial charge in [-0.1, -0.05) is 67.6 Å². The molecule has 2 aromatic rings. The Balaban J connectivity index is 2.22. The van der Waals surface area contributed by atoms with E-state index in [-0.39, 0.29) is 19.1 Å². The molecule has 2 N–H and O–H groups in total. The van der Waals surface area contributed by atoms with E-state index in [1.165, 1.54) is 11.1 Å². The zero-order valence-corrected chi connectivity index (χ0v) is 12.6. The first-order valence-electron chi connectivity index (χ1n) is 7.47. The van der Waals surface area contributed by atoms with E-state index in [1.54, 1.807) is 0 Å². The van der Waals surface area contributed by atoms with Crippen molar-refractivity contribution in [2.45, 2.75) is 19.8 Å². The maximum Gasteiger partial charge on any atom is 0.0509 e. The van der Waals surface area contributed by atoms with Crippen molar-refractivity contribution >= 4 is 0 Å². The van der Waals surface area contributed by atoms with Gasteiger partial charge in [-0.15, -0.1) is 0 Å². The second kappa shape index (κ2) is 7.39. The van der Waals surface area contributed by atoms with Crippen molar-refractivity contribution in [3.05, 3.63) is 71.8 Å². The molecule has 0 amide bonds. The lowest BCUT2D eigenvalue weighted by molar-refractivity contribution is 0.0189. The highest BCUT2D eigenvalue weighted by atomic mass is 16.3. The summed E-state index contributed by atoms with van der Waals surface area (Å²) < 4.78 is 0. The van der Waals surface area contributed by atoms with Crippen LogP contribution in [-0.2, 0) is 12.8 Å².